The maximum Gasteiger partial charge on any atom is 0.256 e. The predicted octanol–water partition coefficient (Wildman–Crippen LogP) is 4.92. The van der Waals surface area contributed by atoms with Crippen LogP contribution in [0.25, 0.3) is 11.3 Å². The SMILES string of the molecule is C[C@@H](Oc1ccc(C(=O)C2CC2)nc1)c1cc(-c2ccc(C(=O)N3CCC(CO)CC3)c(F)c2)ns1. The van der Waals surface area contributed by atoms with E-state index in [9.17, 15) is 19.1 Å². The van der Waals surface area contributed by atoms with Gasteiger partial charge in [-0.3, -0.25) is 9.59 Å². The van der Waals surface area contributed by atoms with Crippen LogP contribution in [-0.2, 0) is 0 Å². The molecule has 0 spiro atoms. The number of aliphatic hydroxyl groups excluding tert-OH is 1. The molecule has 3 aromatic rings. The van der Waals surface area contributed by atoms with E-state index in [4.69, 9.17) is 4.74 Å². The molecule has 1 amide bonds. The maximum atomic E-state index is 14.9. The Morgan fingerprint density at radius 3 is 2.58 bits per heavy atom. The van der Waals surface area contributed by atoms with Gasteiger partial charge in [-0.1, -0.05) is 6.07 Å². The van der Waals surface area contributed by atoms with Gasteiger partial charge in [0, 0.05) is 31.2 Å². The molecule has 5 rings (SSSR count). The third-order valence-electron chi connectivity index (χ3n) is 6.83. The van der Waals surface area contributed by atoms with Crippen LogP contribution in [0.3, 0.4) is 0 Å². The number of halogens is 1. The Morgan fingerprint density at radius 2 is 1.94 bits per heavy atom. The van der Waals surface area contributed by atoms with Gasteiger partial charge in [0.2, 0.25) is 0 Å². The second-order valence-corrected chi connectivity index (χ2v) is 10.3. The summed E-state index contributed by atoms with van der Waals surface area (Å²) in [6.07, 6.45) is 4.58. The standard InChI is InChI=1S/C27H28FN3O4S/c1-16(35-20-5-7-23(29-14-20)26(33)18-2-3-18)25-13-24(30-36-25)19-4-6-21(22(28)12-19)27(34)31-10-8-17(15-32)9-11-31/h4-7,12-14,16-18,32H,2-3,8-11,15H2,1H3/t16-/m1/s1. The number of nitrogens with zero attached hydrogens (tertiary/aromatic N) is 3. The summed E-state index contributed by atoms with van der Waals surface area (Å²) in [5.74, 6) is 0.0796. The zero-order valence-corrected chi connectivity index (χ0v) is 20.8. The number of aromatic nitrogens is 2. The molecule has 36 heavy (non-hydrogen) atoms. The summed E-state index contributed by atoms with van der Waals surface area (Å²) in [6.45, 7) is 3.05. The van der Waals surface area contributed by atoms with E-state index >= 15 is 0 Å². The van der Waals surface area contributed by atoms with Crippen molar-refractivity contribution in [2.24, 2.45) is 11.8 Å². The molecule has 0 bridgehead atoms. The summed E-state index contributed by atoms with van der Waals surface area (Å²) in [5, 5.41) is 9.28. The summed E-state index contributed by atoms with van der Waals surface area (Å²) < 4.78 is 25.3. The van der Waals surface area contributed by atoms with E-state index in [-0.39, 0.29) is 41.8 Å². The van der Waals surface area contributed by atoms with Crippen LogP contribution in [0.4, 0.5) is 4.39 Å². The highest BCUT2D eigenvalue weighted by molar-refractivity contribution is 7.06. The van der Waals surface area contributed by atoms with Crippen LogP contribution in [0.5, 0.6) is 5.75 Å². The second-order valence-electron chi connectivity index (χ2n) is 9.51. The zero-order chi connectivity index (χ0) is 25.2. The number of hydrogen-bond donors (Lipinski definition) is 1. The number of benzene rings is 1. The summed E-state index contributed by atoms with van der Waals surface area (Å²) in [6, 6.07) is 9.86. The van der Waals surface area contributed by atoms with Gasteiger partial charge in [0.25, 0.3) is 5.91 Å². The monoisotopic (exact) mass is 509 g/mol. The summed E-state index contributed by atoms with van der Waals surface area (Å²) >= 11 is 1.27. The lowest BCUT2D eigenvalue weighted by Crippen LogP contribution is -2.39. The number of aliphatic hydroxyl groups is 1. The highest BCUT2D eigenvalue weighted by Gasteiger charge is 2.31. The first kappa shape index (κ1) is 24.5. The van der Waals surface area contributed by atoms with Crippen molar-refractivity contribution in [3.05, 3.63) is 64.5 Å². The van der Waals surface area contributed by atoms with Crippen molar-refractivity contribution in [1.82, 2.24) is 14.3 Å². The number of amides is 1. The lowest BCUT2D eigenvalue weighted by atomic mass is 9.97. The molecular formula is C27H28FN3O4S. The van der Waals surface area contributed by atoms with Crippen LogP contribution in [0.2, 0.25) is 0 Å². The highest BCUT2D eigenvalue weighted by atomic mass is 32.1. The van der Waals surface area contributed by atoms with Crippen LogP contribution in [-0.4, -0.2) is 50.8 Å². The van der Waals surface area contributed by atoms with Crippen molar-refractivity contribution in [2.75, 3.05) is 19.7 Å². The van der Waals surface area contributed by atoms with Gasteiger partial charge in [-0.15, -0.1) is 0 Å². The lowest BCUT2D eigenvalue weighted by molar-refractivity contribution is 0.0646. The predicted molar refractivity (Wildman–Crippen MR) is 134 cm³/mol. The van der Waals surface area contributed by atoms with Gasteiger partial charge < -0.3 is 14.7 Å². The van der Waals surface area contributed by atoms with Gasteiger partial charge >= 0.3 is 0 Å². The number of pyridine rings is 1. The Bertz CT molecular complexity index is 1250. The van der Waals surface area contributed by atoms with Gasteiger partial charge in [0.05, 0.1) is 22.3 Å². The smallest absolute Gasteiger partial charge is 0.256 e. The molecule has 1 saturated heterocycles. The number of carbonyl (C=O) groups excluding carboxylic acids is 2. The van der Waals surface area contributed by atoms with Crippen molar-refractivity contribution in [1.29, 1.82) is 0 Å². The normalized spacial score (nSPS) is 17.1. The Labute approximate surface area is 213 Å². The molecule has 2 aliphatic rings. The zero-order valence-electron chi connectivity index (χ0n) is 20.0. The van der Waals surface area contributed by atoms with Crippen molar-refractivity contribution in [2.45, 2.75) is 38.7 Å². The number of likely N-dealkylation sites (tertiary alicyclic amines) is 1. The number of hydrogen-bond acceptors (Lipinski definition) is 7. The number of ether oxygens (including phenoxy) is 1. The Hall–Kier alpha value is -3.17. The molecule has 3 heterocycles. The van der Waals surface area contributed by atoms with Gasteiger partial charge in [0.15, 0.2) is 5.78 Å². The summed E-state index contributed by atoms with van der Waals surface area (Å²) in [4.78, 5) is 31.7. The van der Waals surface area contributed by atoms with Gasteiger partial charge in [-0.05, 0) is 80.4 Å². The minimum absolute atomic E-state index is 0.0458. The number of carbonyl (C=O) groups is 2. The van der Waals surface area contributed by atoms with E-state index in [1.807, 2.05) is 13.0 Å². The van der Waals surface area contributed by atoms with Gasteiger partial charge in [-0.25, -0.2) is 9.37 Å². The molecule has 1 N–H and O–H groups in total. The first-order valence-corrected chi connectivity index (χ1v) is 13.0. The third-order valence-corrected chi connectivity index (χ3v) is 7.78. The van der Waals surface area contributed by atoms with Crippen molar-refractivity contribution < 1.29 is 23.8 Å². The molecule has 0 radical (unpaired) electrons. The third kappa shape index (κ3) is 5.32. The van der Waals surface area contributed by atoms with E-state index in [2.05, 4.69) is 9.36 Å². The van der Waals surface area contributed by atoms with Crippen LogP contribution in [0, 0.1) is 17.7 Å². The average Bonchev–Trinajstić information content (AvgIpc) is 3.64. The Balaban J connectivity index is 1.23. The van der Waals surface area contributed by atoms with E-state index in [1.165, 1.54) is 23.7 Å². The van der Waals surface area contributed by atoms with E-state index in [0.29, 0.717) is 35.8 Å². The van der Waals surface area contributed by atoms with Gasteiger partial charge in [-0.2, -0.15) is 4.37 Å². The Kier molecular flexibility index (Phi) is 7.11. The van der Waals surface area contributed by atoms with Crippen LogP contribution in [0.1, 0.15) is 64.4 Å². The largest absolute Gasteiger partial charge is 0.484 e. The van der Waals surface area contributed by atoms with E-state index in [0.717, 1.165) is 30.6 Å². The molecule has 188 valence electrons. The highest BCUT2D eigenvalue weighted by Crippen LogP contribution is 2.33. The first-order valence-electron chi connectivity index (χ1n) is 12.3. The fraction of sp³-hybridized carbons (Fsp3) is 0.407. The number of ketones is 1. The number of rotatable bonds is 8. The minimum Gasteiger partial charge on any atom is -0.484 e. The molecule has 1 atom stereocenters. The molecule has 1 saturated carbocycles. The lowest BCUT2D eigenvalue weighted by Gasteiger charge is -2.31. The first-order chi connectivity index (χ1) is 17.4. The molecule has 9 heteroatoms. The van der Waals surface area contributed by atoms with Crippen LogP contribution >= 0.6 is 11.5 Å². The summed E-state index contributed by atoms with van der Waals surface area (Å²) in [5.41, 5.74) is 1.71. The van der Waals surface area contributed by atoms with Gasteiger partial charge in [0.1, 0.15) is 23.4 Å². The van der Waals surface area contributed by atoms with E-state index in [1.54, 1.807) is 29.3 Å². The quantitative estimate of drug-likeness (QED) is 0.433. The Morgan fingerprint density at radius 1 is 1.17 bits per heavy atom. The molecule has 0 unspecified atom stereocenters. The molecule has 2 aromatic heterocycles. The van der Waals surface area contributed by atoms with E-state index < -0.39 is 5.82 Å². The fourth-order valence-corrected chi connectivity index (χ4v) is 5.09. The summed E-state index contributed by atoms with van der Waals surface area (Å²) in [7, 11) is 0. The van der Waals surface area contributed by atoms with Crippen molar-refractivity contribution in [3.8, 4) is 17.0 Å². The molecule has 1 aromatic carbocycles. The topological polar surface area (TPSA) is 92.6 Å². The second kappa shape index (κ2) is 10.4. The fourth-order valence-electron chi connectivity index (χ4n) is 4.37. The van der Waals surface area contributed by atoms with Crippen LogP contribution < -0.4 is 4.74 Å². The molecule has 2 fully saturated rings. The number of piperidine rings is 1. The van der Waals surface area contributed by atoms with Crippen molar-refractivity contribution >= 4 is 23.2 Å². The number of Topliss-reactive ketones (excluding diaryl/α,β-unsaturated/α-hetero) is 1. The molecule has 7 nitrogen and oxygen atoms in total. The average molecular weight is 510 g/mol. The minimum atomic E-state index is -0.576. The van der Waals surface area contributed by atoms with Crippen molar-refractivity contribution in [3.63, 3.8) is 0 Å². The van der Waals surface area contributed by atoms with Crippen LogP contribution in [0.15, 0.2) is 42.6 Å². The molecular weight excluding hydrogens is 481 g/mol. The molecule has 1 aliphatic heterocycles. The molecule has 1 aliphatic carbocycles. The maximum absolute atomic E-state index is 14.9.